The van der Waals surface area contributed by atoms with Crippen LogP contribution in [0.1, 0.15) is 57.8 Å². The maximum Gasteiger partial charge on any atom is 0.230 e. The summed E-state index contributed by atoms with van der Waals surface area (Å²) in [5, 5.41) is 11.0. The van der Waals surface area contributed by atoms with E-state index < -0.39 is 0 Å². The van der Waals surface area contributed by atoms with E-state index in [1.807, 2.05) is 4.90 Å². The maximum atomic E-state index is 13.3. The molecular formula is C18H28N6O2. The van der Waals surface area contributed by atoms with Crippen LogP contribution >= 0.6 is 0 Å². The second kappa shape index (κ2) is 7.32. The molecule has 0 radical (unpaired) electrons. The average molecular weight is 360 g/mol. The van der Waals surface area contributed by atoms with E-state index in [0.29, 0.717) is 38.0 Å². The SMILES string of the molecule is O=C(CCn1cnnn1)N1CC[C@]2(CCCN(C3CCCCC3)C2=O)C1. The zero-order valence-corrected chi connectivity index (χ0v) is 15.3. The molecule has 0 N–H and O–H groups in total. The number of hydrogen-bond donors (Lipinski definition) is 0. The van der Waals surface area contributed by atoms with Crippen LogP contribution in [0.3, 0.4) is 0 Å². The van der Waals surface area contributed by atoms with Crippen LogP contribution in [0, 0.1) is 5.41 Å². The Morgan fingerprint density at radius 2 is 2.00 bits per heavy atom. The Bertz CT molecular complexity index is 642. The number of aryl methyl sites for hydroxylation is 1. The summed E-state index contributed by atoms with van der Waals surface area (Å²) in [7, 11) is 0. The molecule has 0 unspecified atom stereocenters. The molecule has 1 atom stereocenters. The molecule has 1 saturated carbocycles. The van der Waals surface area contributed by atoms with Crippen LogP contribution in [0.4, 0.5) is 0 Å². The monoisotopic (exact) mass is 360 g/mol. The fraction of sp³-hybridized carbons (Fsp3) is 0.833. The van der Waals surface area contributed by atoms with Gasteiger partial charge in [0, 0.05) is 32.1 Å². The first kappa shape index (κ1) is 17.4. The zero-order valence-electron chi connectivity index (χ0n) is 15.3. The molecule has 1 aromatic heterocycles. The molecule has 1 aromatic rings. The third-order valence-electron chi connectivity index (χ3n) is 6.44. The Morgan fingerprint density at radius 3 is 2.77 bits per heavy atom. The minimum absolute atomic E-state index is 0.0972. The van der Waals surface area contributed by atoms with Crippen molar-refractivity contribution < 1.29 is 9.59 Å². The molecule has 0 aromatic carbocycles. The molecule has 8 nitrogen and oxygen atoms in total. The number of nitrogens with zero attached hydrogens (tertiary/aromatic N) is 6. The number of likely N-dealkylation sites (tertiary alicyclic amines) is 2. The second-order valence-electron chi connectivity index (χ2n) is 8.06. The van der Waals surface area contributed by atoms with Crippen molar-refractivity contribution in [2.45, 2.75) is 70.4 Å². The van der Waals surface area contributed by atoms with E-state index in [0.717, 1.165) is 38.6 Å². The van der Waals surface area contributed by atoms with E-state index in [1.165, 1.54) is 25.6 Å². The van der Waals surface area contributed by atoms with Crippen molar-refractivity contribution in [2.75, 3.05) is 19.6 Å². The Kier molecular flexibility index (Phi) is 4.91. The van der Waals surface area contributed by atoms with Crippen LogP contribution in [0.2, 0.25) is 0 Å². The summed E-state index contributed by atoms with van der Waals surface area (Å²) in [6.07, 6.45) is 10.8. The number of tetrazole rings is 1. The van der Waals surface area contributed by atoms with Crippen molar-refractivity contribution in [3.05, 3.63) is 6.33 Å². The Labute approximate surface area is 153 Å². The van der Waals surface area contributed by atoms with Crippen molar-refractivity contribution in [1.29, 1.82) is 0 Å². The predicted octanol–water partition coefficient (Wildman–Crippen LogP) is 1.24. The van der Waals surface area contributed by atoms with Crippen molar-refractivity contribution in [2.24, 2.45) is 5.41 Å². The van der Waals surface area contributed by atoms with Crippen LogP contribution in [0.5, 0.6) is 0 Å². The lowest BCUT2D eigenvalue weighted by molar-refractivity contribution is -0.149. The number of hydrogen-bond acceptors (Lipinski definition) is 5. The van der Waals surface area contributed by atoms with Gasteiger partial charge in [-0.05, 0) is 42.5 Å². The van der Waals surface area contributed by atoms with Gasteiger partial charge in [-0.1, -0.05) is 19.3 Å². The Morgan fingerprint density at radius 1 is 1.15 bits per heavy atom. The van der Waals surface area contributed by atoms with Gasteiger partial charge in [0.15, 0.2) is 0 Å². The highest BCUT2D eigenvalue weighted by molar-refractivity contribution is 5.86. The lowest BCUT2D eigenvalue weighted by Gasteiger charge is -2.44. The number of carbonyl (C=O) groups is 2. The van der Waals surface area contributed by atoms with Crippen molar-refractivity contribution >= 4 is 11.8 Å². The number of amides is 2. The van der Waals surface area contributed by atoms with Crippen LogP contribution in [0.25, 0.3) is 0 Å². The maximum absolute atomic E-state index is 13.3. The van der Waals surface area contributed by atoms with E-state index in [1.54, 1.807) is 4.68 Å². The Balaban J connectivity index is 1.37. The number of rotatable bonds is 4. The van der Waals surface area contributed by atoms with Crippen LogP contribution in [0.15, 0.2) is 6.33 Å². The summed E-state index contributed by atoms with van der Waals surface area (Å²) >= 11 is 0. The molecule has 142 valence electrons. The molecule has 1 aliphatic carbocycles. The molecular weight excluding hydrogens is 332 g/mol. The molecule has 8 heteroatoms. The predicted molar refractivity (Wildman–Crippen MR) is 93.9 cm³/mol. The number of piperidine rings is 1. The van der Waals surface area contributed by atoms with Crippen LogP contribution < -0.4 is 0 Å². The molecule has 1 spiro atoms. The summed E-state index contributed by atoms with van der Waals surface area (Å²) in [5.41, 5.74) is -0.333. The molecule has 3 fully saturated rings. The van der Waals surface area contributed by atoms with Gasteiger partial charge in [-0.25, -0.2) is 4.68 Å². The first-order chi connectivity index (χ1) is 12.7. The quantitative estimate of drug-likeness (QED) is 0.806. The molecule has 3 heterocycles. The second-order valence-corrected chi connectivity index (χ2v) is 8.06. The molecule has 2 amide bonds. The third-order valence-corrected chi connectivity index (χ3v) is 6.44. The van der Waals surface area contributed by atoms with E-state index >= 15 is 0 Å². The smallest absolute Gasteiger partial charge is 0.230 e. The first-order valence-corrected chi connectivity index (χ1v) is 9.98. The molecule has 2 aliphatic heterocycles. The average Bonchev–Trinajstić information content (AvgIpc) is 3.34. The minimum Gasteiger partial charge on any atom is -0.342 e. The van der Waals surface area contributed by atoms with Gasteiger partial charge < -0.3 is 9.80 Å². The third kappa shape index (κ3) is 3.33. The Hall–Kier alpha value is -1.99. The lowest BCUT2D eigenvalue weighted by atomic mass is 9.77. The van der Waals surface area contributed by atoms with Crippen molar-refractivity contribution in [3.63, 3.8) is 0 Å². The van der Waals surface area contributed by atoms with Gasteiger partial charge in [0.1, 0.15) is 6.33 Å². The minimum atomic E-state index is -0.333. The van der Waals surface area contributed by atoms with Gasteiger partial charge in [0.2, 0.25) is 11.8 Å². The van der Waals surface area contributed by atoms with Gasteiger partial charge in [-0.3, -0.25) is 9.59 Å². The lowest BCUT2D eigenvalue weighted by Crippen LogP contribution is -2.54. The van der Waals surface area contributed by atoms with Crippen molar-refractivity contribution in [1.82, 2.24) is 30.0 Å². The van der Waals surface area contributed by atoms with E-state index in [4.69, 9.17) is 0 Å². The van der Waals surface area contributed by atoms with Crippen LogP contribution in [-0.2, 0) is 16.1 Å². The van der Waals surface area contributed by atoms with E-state index in [9.17, 15) is 9.59 Å². The summed E-state index contributed by atoms with van der Waals surface area (Å²) in [6.45, 7) is 2.66. The van der Waals surface area contributed by atoms with E-state index in [2.05, 4.69) is 20.4 Å². The molecule has 26 heavy (non-hydrogen) atoms. The van der Waals surface area contributed by atoms with Gasteiger partial charge in [0.25, 0.3) is 0 Å². The number of aromatic nitrogens is 4. The van der Waals surface area contributed by atoms with Gasteiger partial charge in [-0.15, -0.1) is 5.10 Å². The van der Waals surface area contributed by atoms with Gasteiger partial charge in [-0.2, -0.15) is 0 Å². The molecule has 2 saturated heterocycles. The fourth-order valence-corrected chi connectivity index (χ4v) is 4.96. The normalized spacial score (nSPS) is 27.5. The van der Waals surface area contributed by atoms with E-state index in [-0.39, 0.29) is 11.3 Å². The molecule has 3 aliphatic rings. The first-order valence-electron chi connectivity index (χ1n) is 9.98. The highest BCUT2D eigenvalue weighted by atomic mass is 16.2. The summed E-state index contributed by atoms with van der Waals surface area (Å²) in [6, 6.07) is 0.429. The molecule has 0 bridgehead atoms. The van der Waals surface area contributed by atoms with Crippen LogP contribution in [-0.4, -0.2) is 67.5 Å². The van der Waals surface area contributed by atoms with Gasteiger partial charge in [0.05, 0.1) is 12.0 Å². The zero-order chi connectivity index (χ0) is 18.0. The van der Waals surface area contributed by atoms with Gasteiger partial charge >= 0.3 is 0 Å². The topological polar surface area (TPSA) is 84.2 Å². The highest BCUT2D eigenvalue weighted by Gasteiger charge is 2.50. The van der Waals surface area contributed by atoms with Crippen molar-refractivity contribution in [3.8, 4) is 0 Å². The summed E-state index contributed by atoms with van der Waals surface area (Å²) in [5.74, 6) is 0.409. The molecule has 4 rings (SSSR count). The summed E-state index contributed by atoms with van der Waals surface area (Å²) in [4.78, 5) is 29.9. The fourth-order valence-electron chi connectivity index (χ4n) is 4.96. The standard InChI is InChI=1S/C18H28N6O2/c25-16(7-11-23-14-19-20-21-23)22-12-9-18(13-22)8-4-10-24(17(18)26)15-5-2-1-3-6-15/h14-15H,1-13H2/t18-/m1/s1. The number of carbonyl (C=O) groups excluding carboxylic acids is 2. The summed E-state index contributed by atoms with van der Waals surface area (Å²) < 4.78 is 1.57. The largest absolute Gasteiger partial charge is 0.342 e. The highest BCUT2D eigenvalue weighted by Crippen LogP contribution is 2.42.